The number of aromatic amines is 2. The standard InChI is InChI=1S/C19H17N3O4/c23-17(13-5-6-14-15(8-13)22-19(25)18(24)21-14)20-9-11-7-12-3-1-2-4-16(12)26-10-11/h1-6,8,11H,7,9-10H2,(H,20,23)(H,21,24)(H,22,25). The zero-order valence-electron chi connectivity index (χ0n) is 13.9. The molecule has 0 aliphatic carbocycles. The summed E-state index contributed by atoms with van der Waals surface area (Å²) >= 11 is 0. The first kappa shape index (κ1) is 16.1. The van der Waals surface area contributed by atoms with Crippen LogP contribution in [0.2, 0.25) is 0 Å². The number of nitrogens with one attached hydrogen (secondary N) is 3. The Hall–Kier alpha value is -3.35. The number of fused-ring (bicyclic) bond motifs is 2. The molecule has 0 spiro atoms. The summed E-state index contributed by atoms with van der Waals surface area (Å²) in [6.07, 6.45) is 0.850. The fourth-order valence-electron chi connectivity index (χ4n) is 3.12. The number of carbonyl (C=O) groups excluding carboxylic acids is 1. The minimum atomic E-state index is -0.743. The monoisotopic (exact) mass is 351 g/mol. The van der Waals surface area contributed by atoms with Gasteiger partial charge in [-0.2, -0.15) is 0 Å². The Morgan fingerprint density at radius 2 is 1.85 bits per heavy atom. The zero-order valence-corrected chi connectivity index (χ0v) is 13.9. The number of benzene rings is 2. The molecule has 132 valence electrons. The maximum absolute atomic E-state index is 12.4. The van der Waals surface area contributed by atoms with Gasteiger partial charge in [0.2, 0.25) is 0 Å². The smallest absolute Gasteiger partial charge is 0.314 e. The number of para-hydroxylation sites is 1. The molecule has 26 heavy (non-hydrogen) atoms. The van der Waals surface area contributed by atoms with E-state index < -0.39 is 11.1 Å². The van der Waals surface area contributed by atoms with Crippen molar-refractivity contribution in [3.05, 3.63) is 74.3 Å². The van der Waals surface area contributed by atoms with E-state index in [1.54, 1.807) is 18.2 Å². The van der Waals surface area contributed by atoms with Crippen LogP contribution in [0.25, 0.3) is 11.0 Å². The van der Waals surface area contributed by atoms with Crippen LogP contribution in [0.3, 0.4) is 0 Å². The van der Waals surface area contributed by atoms with E-state index >= 15 is 0 Å². The average molecular weight is 351 g/mol. The van der Waals surface area contributed by atoms with Gasteiger partial charge in [-0.05, 0) is 36.2 Å². The van der Waals surface area contributed by atoms with Gasteiger partial charge in [0.05, 0.1) is 17.6 Å². The molecule has 0 radical (unpaired) electrons. The number of ether oxygens (including phenoxy) is 1. The number of aromatic nitrogens is 2. The lowest BCUT2D eigenvalue weighted by molar-refractivity contribution is 0.0939. The number of H-pyrrole nitrogens is 2. The quantitative estimate of drug-likeness (QED) is 0.617. The number of amides is 1. The summed E-state index contributed by atoms with van der Waals surface area (Å²) < 4.78 is 5.73. The maximum atomic E-state index is 12.4. The molecule has 7 heteroatoms. The van der Waals surface area contributed by atoms with Crippen LogP contribution < -0.4 is 21.2 Å². The lowest BCUT2D eigenvalue weighted by atomic mass is 9.96. The van der Waals surface area contributed by atoms with E-state index in [-0.39, 0.29) is 11.8 Å². The van der Waals surface area contributed by atoms with Gasteiger partial charge >= 0.3 is 11.1 Å². The predicted molar refractivity (Wildman–Crippen MR) is 96.7 cm³/mol. The van der Waals surface area contributed by atoms with E-state index in [4.69, 9.17) is 4.74 Å². The van der Waals surface area contributed by atoms with Crippen molar-refractivity contribution in [2.45, 2.75) is 6.42 Å². The van der Waals surface area contributed by atoms with Crippen molar-refractivity contribution < 1.29 is 9.53 Å². The number of carbonyl (C=O) groups is 1. The Morgan fingerprint density at radius 3 is 2.69 bits per heavy atom. The lowest BCUT2D eigenvalue weighted by Crippen LogP contribution is -2.35. The van der Waals surface area contributed by atoms with Crippen LogP contribution in [0.4, 0.5) is 0 Å². The highest BCUT2D eigenvalue weighted by atomic mass is 16.5. The minimum Gasteiger partial charge on any atom is -0.493 e. The van der Waals surface area contributed by atoms with E-state index in [1.165, 1.54) is 0 Å². The number of hydrogen-bond acceptors (Lipinski definition) is 4. The van der Waals surface area contributed by atoms with Crippen molar-refractivity contribution in [2.24, 2.45) is 5.92 Å². The van der Waals surface area contributed by atoms with Gasteiger partial charge < -0.3 is 20.0 Å². The fraction of sp³-hybridized carbons (Fsp3) is 0.211. The van der Waals surface area contributed by atoms with Gasteiger partial charge in [-0.1, -0.05) is 18.2 Å². The van der Waals surface area contributed by atoms with Crippen LogP contribution in [-0.2, 0) is 6.42 Å². The van der Waals surface area contributed by atoms with Gasteiger partial charge in [0, 0.05) is 18.0 Å². The van der Waals surface area contributed by atoms with Crippen molar-refractivity contribution in [1.82, 2.24) is 15.3 Å². The Morgan fingerprint density at radius 1 is 1.08 bits per heavy atom. The largest absolute Gasteiger partial charge is 0.493 e. The Balaban J connectivity index is 1.45. The molecule has 1 amide bonds. The van der Waals surface area contributed by atoms with Crippen LogP contribution in [0.15, 0.2) is 52.1 Å². The highest BCUT2D eigenvalue weighted by molar-refractivity contribution is 5.97. The third-order valence-corrected chi connectivity index (χ3v) is 4.49. The zero-order chi connectivity index (χ0) is 18.1. The van der Waals surface area contributed by atoms with Gasteiger partial charge in [-0.15, -0.1) is 0 Å². The summed E-state index contributed by atoms with van der Waals surface area (Å²) in [5.41, 5.74) is 0.989. The summed E-state index contributed by atoms with van der Waals surface area (Å²) in [6.45, 7) is 1.05. The highest BCUT2D eigenvalue weighted by Gasteiger charge is 2.20. The molecule has 0 bridgehead atoms. The molecule has 0 fully saturated rings. The van der Waals surface area contributed by atoms with Crippen molar-refractivity contribution in [3.8, 4) is 5.75 Å². The second-order valence-corrected chi connectivity index (χ2v) is 6.37. The summed E-state index contributed by atoms with van der Waals surface area (Å²) in [4.78, 5) is 40.1. The van der Waals surface area contributed by atoms with E-state index in [0.717, 1.165) is 17.7 Å². The van der Waals surface area contributed by atoms with Crippen molar-refractivity contribution >= 4 is 16.9 Å². The van der Waals surface area contributed by atoms with Crippen LogP contribution in [-0.4, -0.2) is 29.0 Å². The number of hydrogen-bond donors (Lipinski definition) is 3. The molecule has 2 aromatic carbocycles. The Bertz CT molecular complexity index is 1100. The third kappa shape index (κ3) is 3.11. The molecule has 0 saturated heterocycles. The fourth-order valence-corrected chi connectivity index (χ4v) is 3.12. The molecule has 3 aromatic rings. The van der Waals surface area contributed by atoms with Gasteiger partial charge in [-0.25, -0.2) is 0 Å². The second kappa shape index (κ2) is 6.51. The summed E-state index contributed by atoms with van der Waals surface area (Å²) in [5.74, 6) is 0.867. The summed E-state index contributed by atoms with van der Waals surface area (Å²) in [5, 5.41) is 2.91. The van der Waals surface area contributed by atoms with Crippen molar-refractivity contribution in [1.29, 1.82) is 0 Å². The van der Waals surface area contributed by atoms with E-state index in [1.807, 2.05) is 24.3 Å². The van der Waals surface area contributed by atoms with E-state index in [9.17, 15) is 14.4 Å². The molecular formula is C19H17N3O4. The maximum Gasteiger partial charge on any atom is 0.314 e. The van der Waals surface area contributed by atoms with Gasteiger partial charge in [0.25, 0.3) is 5.91 Å². The molecule has 1 unspecified atom stereocenters. The molecule has 4 rings (SSSR count). The van der Waals surface area contributed by atoms with E-state index in [2.05, 4.69) is 15.3 Å². The van der Waals surface area contributed by atoms with Gasteiger partial charge in [-0.3, -0.25) is 14.4 Å². The first-order chi connectivity index (χ1) is 12.6. The van der Waals surface area contributed by atoms with Crippen LogP contribution in [0, 0.1) is 5.92 Å². The lowest BCUT2D eigenvalue weighted by Gasteiger charge is -2.25. The van der Waals surface area contributed by atoms with E-state index in [0.29, 0.717) is 29.7 Å². The second-order valence-electron chi connectivity index (χ2n) is 6.37. The first-order valence-corrected chi connectivity index (χ1v) is 8.35. The van der Waals surface area contributed by atoms with Crippen LogP contribution in [0.1, 0.15) is 15.9 Å². The molecule has 0 saturated carbocycles. The average Bonchev–Trinajstić information content (AvgIpc) is 2.66. The summed E-state index contributed by atoms with van der Waals surface area (Å²) in [7, 11) is 0. The predicted octanol–water partition coefficient (Wildman–Crippen LogP) is 1.20. The molecule has 7 nitrogen and oxygen atoms in total. The summed E-state index contributed by atoms with van der Waals surface area (Å²) in [6, 6.07) is 12.7. The Kier molecular flexibility index (Phi) is 4.04. The normalized spacial score (nSPS) is 15.9. The minimum absolute atomic E-state index is 0.200. The topological polar surface area (TPSA) is 104 Å². The molecule has 1 aliphatic rings. The first-order valence-electron chi connectivity index (χ1n) is 8.35. The van der Waals surface area contributed by atoms with Crippen LogP contribution >= 0.6 is 0 Å². The molecule has 1 aliphatic heterocycles. The molecular weight excluding hydrogens is 334 g/mol. The third-order valence-electron chi connectivity index (χ3n) is 4.49. The van der Waals surface area contributed by atoms with Crippen molar-refractivity contribution in [2.75, 3.05) is 13.2 Å². The SMILES string of the molecule is O=C(NCC1COc2ccccc2C1)c1ccc2[nH]c(=O)c(=O)[nH]c2c1. The Labute approximate surface area is 148 Å². The van der Waals surface area contributed by atoms with Crippen LogP contribution in [0.5, 0.6) is 5.75 Å². The molecule has 1 atom stereocenters. The van der Waals surface area contributed by atoms with Gasteiger partial charge in [0.1, 0.15) is 5.75 Å². The highest BCUT2D eigenvalue weighted by Crippen LogP contribution is 2.26. The van der Waals surface area contributed by atoms with Crippen molar-refractivity contribution in [3.63, 3.8) is 0 Å². The number of rotatable bonds is 3. The molecule has 2 heterocycles. The van der Waals surface area contributed by atoms with Gasteiger partial charge in [0.15, 0.2) is 0 Å². The molecule has 3 N–H and O–H groups in total. The molecule has 1 aromatic heterocycles.